The van der Waals surface area contributed by atoms with E-state index in [1.165, 1.54) is 21.8 Å². The summed E-state index contributed by atoms with van der Waals surface area (Å²) in [5.41, 5.74) is 9.03. The Hall–Kier alpha value is 2.36. The maximum atomic E-state index is 11.1. The molecule has 1 fully saturated rings. The summed E-state index contributed by atoms with van der Waals surface area (Å²) in [6.45, 7) is 63.0. The molecule has 1 unspecified atom stereocenters. The first-order valence-electron chi connectivity index (χ1n) is 30.3. The van der Waals surface area contributed by atoms with Gasteiger partial charge in [-0.15, -0.1) is 15.9 Å². The van der Waals surface area contributed by atoms with E-state index in [0.717, 1.165) is 24.0 Å². The fraction of sp³-hybridized carbons (Fsp3) is 0.707. The van der Waals surface area contributed by atoms with E-state index in [1.54, 1.807) is 70.9 Å². The number of nitrogens with zero attached hydrogens (tertiary/aromatic N) is 7. The van der Waals surface area contributed by atoms with Crippen molar-refractivity contribution in [3.05, 3.63) is 73.2 Å². The molecule has 5 amide bonds. The number of aliphatic carboxylic acids is 1. The van der Waals surface area contributed by atoms with Gasteiger partial charge in [0.1, 0.15) is 28.9 Å². The van der Waals surface area contributed by atoms with Crippen LogP contribution in [0.3, 0.4) is 0 Å². The van der Waals surface area contributed by atoms with Crippen LogP contribution in [-0.4, -0.2) is 209 Å². The quantitative estimate of drug-likeness (QED) is 0.0328. The third-order valence-corrected chi connectivity index (χ3v) is 7.73. The second kappa shape index (κ2) is 166. The van der Waals surface area contributed by atoms with Crippen LogP contribution in [0.5, 0.6) is 0 Å². The van der Waals surface area contributed by atoms with Crippen molar-refractivity contribution in [3.8, 4) is 0 Å². The van der Waals surface area contributed by atoms with Crippen LogP contribution in [0, 0.1) is 13.6 Å². The fourth-order valence-corrected chi connectivity index (χ4v) is 4.39. The summed E-state index contributed by atoms with van der Waals surface area (Å²) in [6.07, 6.45) is 4.24. The molecule has 110 heavy (non-hydrogen) atoms. The van der Waals surface area contributed by atoms with Gasteiger partial charge in [-0.25, -0.2) is 9.59 Å². The van der Waals surface area contributed by atoms with Gasteiger partial charge in [-0.3, -0.25) is 26.0 Å². The minimum Gasteiger partial charge on any atom is -0.870 e. The fourth-order valence-electron chi connectivity index (χ4n) is 4.07. The number of imidazole rings is 3. The Bertz CT molecular complexity index is 2270. The molecule has 1 atom stereocenters. The molecule has 31 radical (unpaired) electrons. The monoisotopic (exact) mass is 2170 g/mol. The number of carbonyl (C=O) groups excluding carboxylic acids is 6. The van der Waals surface area contributed by atoms with Crippen LogP contribution in [0.1, 0.15) is 193 Å². The Morgan fingerprint density at radius 3 is 1.04 bits per heavy atom. The Morgan fingerprint density at radius 2 is 0.882 bits per heavy atom. The van der Waals surface area contributed by atoms with Crippen molar-refractivity contribution in [2.24, 2.45) is 11.5 Å². The molecule has 4 rings (SSSR count). The molecule has 3 aromatic rings. The number of aromatic nitrogens is 6. The molecule has 0 aliphatic carbocycles. The molecule has 1 saturated heterocycles. The van der Waals surface area contributed by atoms with Crippen molar-refractivity contribution >= 4 is 162 Å². The summed E-state index contributed by atoms with van der Waals surface area (Å²) < 4.78 is 15.4. The topological polar surface area (TPSA) is 419 Å². The number of nitrogens with one attached hydrogen (secondary N) is 5. The average molecular weight is 2170 g/mol. The molecule has 52 heteroatoms. The third kappa shape index (κ3) is 177. The number of carboxylic acid groups (broad SMARTS) is 1. The summed E-state index contributed by atoms with van der Waals surface area (Å²) in [4.78, 5) is 113. The van der Waals surface area contributed by atoms with Crippen molar-refractivity contribution in [3.63, 3.8) is 0 Å². The van der Waals surface area contributed by atoms with Gasteiger partial charge in [0.05, 0.1) is 30.8 Å². The van der Waals surface area contributed by atoms with Gasteiger partial charge >= 0.3 is 47.7 Å². The van der Waals surface area contributed by atoms with Crippen LogP contribution in [-0.2, 0) is 239 Å². The number of halogens is 3. The normalized spacial score (nSPS) is 7.85. The van der Waals surface area contributed by atoms with E-state index in [1.807, 2.05) is 145 Å². The number of hydrogen-bond donors (Lipinski definition) is 9. The molecule has 0 saturated carbocycles. The second-order valence-corrected chi connectivity index (χ2v) is 30.7. The van der Waals surface area contributed by atoms with Crippen LogP contribution in [0.15, 0.2) is 44.2 Å². The third-order valence-electron chi connectivity index (χ3n) is 7.18. The molecule has 625 valence electrons. The minimum atomic E-state index is -1.10. The molecule has 29 nitrogen and oxygen atoms in total. The van der Waals surface area contributed by atoms with Crippen molar-refractivity contribution in [2.45, 2.75) is 225 Å². The van der Waals surface area contributed by atoms with E-state index in [9.17, 15) is 43.2 Å². The van der Waals surface area contributed by atoms with Gasteiger partial charge in [-0.05, 0) is 153 Å². The Balaban J connectivity index is -0.0000000201. The van der Waals surface area contributed by atoms with E-state index in [0.29, 0.717) is 49.6 Å². The smallest absolute Gasteiger partial charge is 0.870 e. The summed E-state index contributed by atoms with van der Waals surface area (Å²) in [5.74, 6) is -1.26. The standard InChI is InChI=1S/C9H18N2O3.C7H13NO4.C6H9N2O.C5H6BrN2O.C5H8N2O2.C5H9N2O.C4H10N2O.C2H7N.7C2H6.CHO.7B.Br2H2P2.Na.H2O.10V/c1-5-10-7(12)6-11-8(13)14-9(2,3)4;1-7(2,3)12-6(11)8-4-5(9)10;1-3-8-4-7-5(2)6(8)9;1-2-8-3-7-4(6)5(8)9;1-2-6-4-7(9)3-5(6)8;1-2-7-4-6-3-5(7)8;1-2-6-4(7)3-5;1-2-3;8*1-2;;;;;;;;1-4(2)3;;;;;;;;;;;;/h5-6H2,1-4H3,(H,10,12)(H,11,13);4H2,1-3H3,(H,8,11)(H,9,10);4H,3H2,1-2H3;3H,2H2,1H3;3-4,9H,2H2,1H3;4,6H,2-3H2,1H3;2-3,5H2,1H3,(H,6,7);2-3H2,1H3;7*1-2H3;1H;;;;;;;;3H2;;1H2;;;;;;;;;;/q;;2*-1;;-1;;;;;;;;;;-1;;;;;;;;;+1;;;;;;;;;;;/p-1. The number of rotatable bonds is 11. The molecule has 0 bridgehead atoms. The van der Waals surface area contributed by atoms with Crippen molar-refractivity contribution in [1.29, 1.82) is 0 Å². The van der Waals surface area contributed by atoms with E-state index in [4.69, 9.17) is 36.0 Å². The van der Waals surface area contributed by atoms with Gasteiger partial charge < -0.3 is 111 Å². The Morgan fingerprint density at radius 1 is 0.591 bits per heavy atom. The summed E-state index contributed by atoms with van der Waals surface area (Å²) in [5, 5.41) is 29.1. The molecular formula is C58H126B7Br3N14NaO15P2V10-4. The van der Waals surface area contributed by atoms with Gasteiger partial charge in [-0.2, -0.15) is 11.4 Å². The SMILES string of the molecule is CC.CC.CC.CC.CC.CC.CC.CC(C)(C)OC(=O)NCC(=O)O.CCN.CCN1[CH-]NCC1=O.CCNC(=O)CN.CCNC(=O)CNC(=O)OC(C)(C)C.CCn1[cH-][n+](O)cc1=O.CCn1[cH-]nc(Br)c1=O.CCn1[cH-]nc(C)c1=O.PP(Br)Br.[B].[B].[B].[B].[B].[B].[B].[CH-]=O.[Na+].[OH-].[V].[V].[V].[V].[V].[V].[V].[V].[V].[V]. The molecule has 4 heterocycles. The first-order valence-corrected chi connectivity index (χ1v) is 38.1. The summed E-state index contributed by atoms with van der Waals surface area (Å²) in [6, 6.07) is 0. The van der Waals surface area contributed by atoms with E-state index < -0.39 is 35.9 Å². The minimum absolute atomic E-state index is 0. The summed E-state index contributed by atoms with van der Waals surface area (Å²) in [7, 11) is 2.56. The number of amides is 5. The van der Waals surface area contributed by atoms with E-state index >= 15 is 0 Å². The largest absolute Gasteiger partial charge is 1.00 e. The van der Waals surface area contributed by atoms with Gasteiger partial charge in [0.25, 0.3) is 0 Å². The first-order chi connectivity index (χ1) is 42.7. The molecular weight excluding hydrogens is 2040 g/mol. The zero-order valence-electron chi connectivity index (χ0n) is 70.4. The van der Waals surface area contributed by atoms with Crippen LogP contribution < -0.4 is 89.0 Å². The number of nitrogens with two attached hydrogens (primary N) is 2. The second-order valence-electron chi connectivity index (χ2n) is 15.9. The van der Waals surface area contributed by atoms with Gasteiger partial charge in [0.15, 0.2) is 6.33 Å². The molecule has 0 aromatic carbocycles. The Labute approximate surface area is 847 Å². The number of alkyl carbamates (subject to hydrolysis) is 2. The van der Waals surface area contributed by atoms with Crippen molar-refractivity contribution in [1.82, 2.24) is 55.2 Å². The summed E-state index contributed by atoms with van der Waals surface area (Å²) >= 11 is 9.44. The number of ether oxygens (including phenoxy) is 2. The first kappa shape index (κ1) is 216. The average Bonchev–Trinajstić information content (AvgIpc) is 1.76. The number of hydrogen-bond acceptors (Lipinski definition) is 19. The molecule has 3 aromatic heterocycles. The van der Waals surface area contributed by atoms with Crippen molar-refractivity contribution in [2.75, 3.05) is 52.4 Å². The Kier molecular flexibility index (Phi) is 326. The van der Waals surface area contributed by atoms with Gasteiger partial charge in [0, 0.05) is 269 Å². The number of likely N-dealkylation sites (N-methyl/N-ethyl adjacent to an activating group) is 3. The van der Waals surface area contributed by atoms with Crippen LogP contribution in [0.4, 0.5) is 9.59 Å². The number of carbonyl (C=O) groups is 6. The van der Waals surface area contributed by atoms with E-state index in [2.05, 4.69) is 99.2 Å². The molecule has 1 aliphatic rings. The molecule has 12 N–H and O–H groups in total. The van der Waals surface area contributed by atoms with Crippen LogP contribution in [0.25, 0.3) is 0 Å². The maximum Gasteiger partial charge on any atom is 1.00 e. The van der Waals surface area contributed by atoms with Crippen LogP contribution in [0.2, 0.25) is 0 Å². The van der Waals surface area contributed by atoms with E-state index in [-0.39, 0.29) is 332 Å². The van der Waals surface area contributed by atoms with Gasteiger partial charge in [-0.1, -0.05) is 125 Å². The zero-order valence-corrected chi connectivity index (χ0v) is 93.2. The van der Waals surface area contributed by atoms with Gasteiger partial charge in [0.2, 0.25) is 23.3 Å². The molecule has 1 aliphatic heterocycles. The number of carboxylic acids is 1. The predicted octanol–water partition coefficient (Wildman–Crippen LogP) is 3.92. The molecule has 0 spiro atoms. The zero-order chi connectivity index (χ0) is 75.5. The van der Waals surface area contributed by atoms with Crippen LogP contribution >= 0.6 is 60.9 Å². The number of aryl methyl sites for hydroxylation is 4. The maximum absolute atomic E-state index is 11.1. The predicted molar refractivity (Wildman–Crippen MR) is 431 cm³/mol. The van der Waals surface area contributed by atoms with Crippen molar-refractivity contribution < 1.29 is 279 Å².